The van der Waals surface area contributed by atoms with Gasteiger partial charge in [-0.15, -0.1) is 0 Å². The molecule has 1 heterocycles. The van der Waals surface area contributed by atoms with Gasteiger partial charge in [-0.3, -0.25) is 0 Å². The van der Waals surface area contributed by atoms with Crippen molar-refractivity contribution in [3.63, 3.8) is 0 Å². The van der Waals surface area contributed by atoms with Gasteiger partial charge >= 0.3 is 5.97 Å². The van der Waals surface area contributed by atoms with Gasteiger partial charge in [-0.05, 0) is 29.8 Å². The average Bonchev–Trinajstić information content (AvgIpc) is 2.46. The van der Waals surface area contributed by atoms with Gasteiger partial charge in [0.1, 0.15) is 11.8 Å². The fourth-order valence-corrected chi connectivity index (χ4v) is 1.79. The molecule has 0 spiro atoms. The number of hydrogen-bond donors (Lipinski definition) is 2. The summed E-state index contributed by atoms with van der Waals surface area (Å²) >= 11 is 5.82. The molecule has 20 heavy (non-hydrogen) atoms. The van der Waals surface area contributed by atoms with Crippen LogP contribution in [0.25, 0.3) is 0 Å². The lowest BCUT2D eigenvalue weighted by Crippen LogP contribution is -2.04. The van der Waals surface area contributed by atoms with Gasteiger partial charge in [0.2, 0.25) is 0 Å². The first-order valence-corrected chi connectivity index (χ1v) is 6.09. The molecule has 0 bridgehead atoms. The number of anilines is 1. The zero-order chi connectivity index (χ0) is 14.5. The second-order valence-corrected chi connectivity index (χ2v) is 4.45. The van der Waals surface area contributed by atoms with E-state index in [2.05, 4.69) is 16.4 Å². The minimum Gasteiger partial charge on any atom is -0.477 e. The summed E-state index contributed by atoms with van der Waals surface area (Å²) in [6, 6.07) is 10.2. The molecule has 2 rings (SSSR count). The molecule has 0 unspecified atom stereocenters. The number of nitriles is 1. The molecule has 0 aliphatic heterocycles. The quantitative estimate of drug-likeness (QED) is 0.903. The van der Waals surface area contributed by atoms with Gasteiger partial charge in [0.25, 0.3) is 0 Å². The van der Waals surface area contributed by atoms with Crippen molar-refractivity contribution in [2.45, 2.75) is 6.54 Å². The van der Waals surface area contributed by atoms with E-state index in [9.17, 15) is 4.79 Å². The Bertz CT molecular complexity index is 678. The standard InChI is InChI=1S/C14H10ClN3O2/c15-11-2-4-12(10(5-11)6-16)17-7-9-1-3-13(14(19)20)18-8-9/h1-5,8,17H,7H2,(H,19,20). The first kappa shape index (κ1) is 13.8. The summed E-state index contributed by atoms with van der Waals surface area (Å²) < 4.78 is 0. The van der Waals surface area contributed by atoms with E-state index in [-0.39, 0.29) is 5.69 Å². The van der Waals surface area contributed by atoms with Crippen LogP contribution in [0.3, 0.4) is 0 Å². The molecule has 100 valence electrons. The monoisotopic (exact) mass is 287 g/mol. The summed E-state index contributed by atoms with van der Waals surface area (Å²) in [6.07, 6.45) is 1.48. The lowest BCUT2D eigenvalue weighted by Gasteiger charge is -2.08. The smallest absolute Gasteiger partial charge is 0.354 e. The number of carbonyl (C=O) groups is 1. The molecule has 2 aromatic rings. The molecule has 1 aromatic heterocycles. The number of nitrogens with one attached hydrogen (secondary N) is 1. The molecule has 0 aliphatic carbocycles. The highest BCUT2D eigenvalue weighted by atomic mass is 35.5. The number of aromatic carboxylic acids is 1. The van der Waals surface area contributed by atoms with Crippen LogP contribution in [0.2, 0.25) is 5.02 Å². The average molecular weight is 288 g/mol. The Kier molecular flexibility index (Phi) is 4.18. The number of hydrogen-bond acceptors (Lipinski definition) is 4. The number of carboxylic acids is 1. The minimum atomic E-state index is -1.06. The SMILES string of the molecule is N#Cc1cc(Cl)ccc1NCc1ccc(C(=O)O)nc1. The van der Waals surface area contributed by atoms with E-state index in [1.165, 1.54) is 12.3 Å². The Morgan fingerprint density at radius 1 is 1.40 bits per heavy atom. The van der Waals surface area contributed by atoms with Crippen LogP contribution in [0.15, 0.2) is 36.5 Å². The Morgan fingerprint density at radius 2 is 2.20 bits per heavy atom. The molecule has 0 saturated carbocycles. The van der Waals surface area contributed by atoms with Gasteiger partial charge in [-0.2, -0.15) is 5.26 Å². The maximum atomic E-state index is 10.7. The van der Waals surface area contributed by atoms with Gasteiger partial charge < -0.3 is 10.4 Å². The fourth-order valence-electron chi connectivity index (χ4n) is 1.62. The van der Waals surface area contributed by atoms with E-state index < -0.39 is 5.97 Å². The molecule has 0 fully saturated rings. The Balaban J connectivity index is 2.09. The van der Waals surface area contributed by atoms with Gasteiger partial charge in [0, 0.05) is 17.8 Å². The van der Waals surface area contributed by atoms with Gasteiger partial charge in [-0.1, -0.05) is 17.7 Å². The van der Waals surface area contributed by atoms with Crippen molar-refractivity contribution in [1.82, 2.24) is 4.98 Å². The van der Waals surface area contributed by atoms with Crippen LogP contribution in [-0.2, 0) is 6.54 Å². The lowest BCUT2D eigenvalue weighted by molar-refractivity contribution is 0.0690. The van der Waals surface area contributed by atoms with E-state index in [0.29, 0.717) is 22.8 Å². The molecule has 0 atom stereocenters. The number of rotatable bonds is 4. The topological polar surface area (TPSA) is 86.0 Å². The fraction of sp³-hybridized carbons (Fsp3) is 0.0714. The maximum absolute atomic E-state index is 10.7. The number of carboxylic acid groups (broad SMARTS) is 1. The third-order valence-corrected chi connectivity index (χ3v) is 2.86. The largest absolute Gasteiger partial charge is 0.477 e. The maximum Gasteiger partial charge on any atom is 0.354 e. The number of pyridine rings is 1. The number of nitrogens with zero attached hydrogens (tertiary/aromatic N) is 2. The van der Waals surface area contributed by atoms with Crippen molar-refractivity contribution in [2.75, 3.05) is 5.32 Å². The molecule has 5 nitrogen and oxygen atoms in total. The Morgan fingerprint density at radius 3 is 2.80 bits per heavy atom. The molecule has 6 heteroatoms. The molecule has 2 N–H and O–H groups in total. The third kappa shape index (κ3) is 3.25. The highest BCUT2D eigenvalue weighted by Crippen LogP contribution is 2.20. The highest BCUT2D eigenvalue weighted by molar-refractivity contribution is 6.30. The van der Waals surface area contributed by atoms with Crippen molar-refractivity contribution >= 4 is 23.3 Å². The zero-order valence-corrected chi connectivity index (χ0v) is 11.1. The first-order valence-electron chi connectivity index (χ1n) is 5.72. The van der Waals surface area contributed by atoms with Gasteiger partial charge in [0.15, 0.2) is 0 Å². The van der Waals surface area contributed by atoms with Crippen molar-refractivity contribution in [1.29, 1.82) is 5.26 Å². The molecule has 0 aliphatic rings. The summed E-state index contributed by atoms with van der Waals surface area (Å²) in [5, 5.41) is 21.3. The van der Waals surface area contributed by atoms with E-state index in [4.69, 9.17) is 22.0 Å². The molecular weight excluding hydrogens is 278 g/mol. The number of benzene rings is 1. The molecule has 0 saturated heterocycles. The van der Waals surface area contributed by atoms with Crippen LogP contribution in [0, 0.1) is 11.3 Å². The van der Waals surface area contributed by atoms with E-state index >= 15 is 0 Å². The van der Waals surface area contributed by atoms with Gasteiger partial charge in [0.05, 0.1) is 11.3 Å². The van der Waals surface area contributed by atoms with Crippen LogP contribution in [0.1, 0.15) is 21.6 Å². The van der Waals surface area contributed by atoms with Crippen LogP contribution in [0.4, 0.5) is 5.69 Å². The van der Waals surface area contributed by atoms with Crippen LogP contribution >= 0.6 is 11.6 Å². The van der Waals surface area contributed by atoms with Crippen LogP contribution < -0.4 is 5.32 Å². The van der Waals surface area contributed by atoms with Crippen molar-refractivity contribution in [2.24, 2.45) is 0 Å². The number of halogens is 1. The highest BCUT2D eigenvalue weighted by Gasteiger charge is 2.05. The van der Waals surface area contributed by atoms with Gasteiger partial charge in [-0.25, -0.2) is 9.78 Å². The molecule has 0 amide bonds. The Labute approximate surface area is 120 Å². The Hall–Kier alpha value is -2.58. The van der Waals surface area contributed by atoms with E-state index in [1.54, 1.807) is 24.3 Å². The summed E-state index contributed by atoms with van der Waals surface area (Å²) in [7, 11) is 0. The molecule has 1 aromatic carbocycles. The van der Waals surface area contributed by atoms with E-state index in [0.717, 1.165) is 5.56 Å². The zero-order valence-electron chi connectivity index (χ0n) is 10.3. The second-order valence-electron chi connectivity index (χ2n) is 4.01. The van der Waals surface area contributed by atoms with Crippen LogP contribution in [0.5, 0.6) is 0 Å². The minimum absolute atomic E-state index is 0.00189. The van der Waals surface area contributed by atoms with Crippen molar-refractivity contribution < 1.29 is 9.90 Å². The lowest BCUT2D eigenvalue weighted by atomic mass is 10.2. The molecular formula is C14H10ClN3O2. The predicted octanol–water partition coefficient (Wildman–Crippen LogP) is 2.92. The molecule has 0 radical (unpaired) electrons. The first-order chi connectivity index (χ1) is 9.60. The van der Waals surface area contributed by atoms with Crippen LogP contribution in [-0.4, -0.2) is 16.1 Å². The van der Waals surface area contributed by atoms with E-state index in [1.807, 2.05) is 0 Å². The third-order valence-electron chi connectivity index (χ3n) is 2.63. The number of aromatic nitrogens is 1. The van der Waals surface area contributed by atoms with Crippen molar-refractivity contribution in [3.05, 3.63) is 58.4 Å². The van der Waals surface area contributed by atoms with Crippen molar-refractivity contribution in [3.8, 4) is 6.07 Å². The summed E-state index contributed by atoms with van der Waals surface area (Å²) in [6.45, 7) is 0.434. The summed E-state index contributed by atoms with van der Waals surface area (Å²) in [5.74, 6) is -1.06. The normalized spacial score (nSPS) is 9.80. The predicted molar refractivity (Wildman–Crippen MR) is 74.7 cm³/mol. The summed E-state index contributed by atoms with van der Waals surface area (Å²) in [5.41, 5.74) is 1.93. The second kappa shape index (κ2) is 6.04. The summed E-state index contributed by atoms with van der Waals surface area (Å²) in [4.78, 5) is 14.5.